The molecule has 3 rings (SSSR count). The van der Waals surface area contributed by atoms with Crippen LogP contribution < -0.4 is 5.32 Å². The summed E-state index contributed by atoms with van der Waals surface area (Å²) in [6.07, 6.45) is 2.92. The molecule has 5 nitrogen and oxygen atoms in total. The van der Waals surface area contributed by atoms with Crippen molar-refractivity contribution < 1.29 is 14.0 Å². The van der Waals surface area contributed by atoms with Crippen molar-refractivity contribution in [2.24, 2.45) is 5.92 Å². The first-order valence-electron chi connectivity index (χ1n) is 8.50. The highest BCUT2D eigenvalue weighted by atomic mass is 32.2. The molecule has 0 unspecified atom stereocenters. The van der Waals surface area contributed by atoms with Crippen LogP contribution in [0.25, 0.3) is 0 Å². The molecule has 1 fully saturated rings. The Morgan fingerprint density at radius 2 is 1.88 bits per heavy atom. The first kappa shape index (κ1) is 18.4. The Labute approximate surface area is 156 Å². The van der Waals surface area contributed by atoms with Crippen LogP contribution in [0.2, 0.25) is 0 Å². The second kappa shape index (κ2) is 8.80. The van der Waals surface area contributed by atoms with Crippen LogP contribution >= 0.6 is 11.8 Å². The highest BCUT2D eigenvalue weighted by Crippen LogP contribution is 2.22. The number of hydrogen-bond donors (Lipinski definition) is 1. The summed E-state index contributed by atoms with van der Waals surface area (Å²) >= 11 is 1.39. The van der Waals surface area contributed by atoms with Crippen molar-refractivity contribution >= 4 is 29.4 Å². The summed E-state index contributed by atoms with van der Waals surface area (Å²) in [5.74, 6) is 0.472. The number of piperidine rings is 1. The SMILES string of the molecule is O=C(Nc1ccccn1)C1CCN(C(=O)CSc2ccc(F)cc2)CC1. The lowest BCUT2D eigenvalue weighted by Crippen LogP contribution is -2.42. The monoisotopic (exact) mass is 373 g/mol. The van der Waals surface area contributed by atoms with Crippen molar-refractivity contribution in [1.29, 1.82) is 0 Å². The van der Waals surface area contributed by atoms with Crippen LogP contribution in [0.5, 0.6) is 0 Å². The van der Waals surface area contributed by atoms with E-state index in [2.05, 4.69) is 10.3 Å². The number of amides is 2. The molecule has 0 atom stereocenters. The van der Waals surface area contributed by atoms with Gasteiger partial charge in [0, 0.05) is 30.1 Å². The first-order chi connectivity index (χ1) is 12.6. The van der Waals surface area contributed by atoms with Crippen LogP contribution in [0.3, 0.4) is 0 Å². The van der Waals surface area contributed by atoms with Crippen molar-refractivity contribution in [1.82, 2.24) is 9.88 Å². The van der Waals surface area contributed by atoms with Gasteiger partial charge in [-0.2, -0.15) is 0 Å². The zero-order chi connectivity index (χ0) is 18.4. The minimum Gasteiger partial charge on any atom is -0.342 e. The number of thioether (sulfide) groups is 1. The van der Waals surface area contributed by atoms with Crippen molar-refractivity contribution in [2.75, 3.05) is 24.2 Å². The topological polar surface area (TPSA) is 62.3 Å². The molecule has 1 aromatic carbocycles. The lowest BCUT2D eigenvalue weighted by atomic mass is 9.96. The maximum Gasteiger partial charge on any atom is 0.232 e. The minimum absolute atomic E-state index is 0.0444. The molecule has 2 heterocycles. The summed E-state index contributed by atoms with van der Waals surface area (Å²) in [5.41, 5.74) is 0. The summed E-state index contributed by atoms with van der Waals surface area (Å²) in [4.78, 5) is 31.4. The number of rotatable bonds is 5. The summed E-state index contributed by atoms with van der Waals surface area (Å²) in [6, 6.07) is 11.5. The molecule has 0 spiro atoms. The fourth-order valence-corrected chi connectivity index (χ4v) is 3.62. The van der Waals surface area contributed by atoms with E-state index < -0.39 is 0 Å². The predicted molar refractivity (Wildman–Crippen MR) is 99.3 cm³/mol. The number of benzene rings is 1. The summed E-state index contributed by atoms with van der Waals surface area (Å²) in [6.45, 7) is 1.15. The second-order valence-electron chi connectivity index (χ2n) is 6.10. The molecule has 1 aliphatic rings. The molecule has 0 saturated carbocycles. The van der Waals surface area contributed by atoms with Gasteiger partial charge in [-0.3, -0.25) is 9.59 Å². The molecule has 1 aliphatic heterocycles. The average molecular weight is 373 g/mol. The highest BCUT2D eigenvalue weighted by Gasteiger charge is 2.27. The van der Waals surface area contributed by atoms with Crippen LogP contribution in [0.15, 0.2) is 53.6 Å². The van der Waals surface area contributed by atoms with Crippen LogP contribution in [-0.4, -0.2) is 40.5 Å². The largest absolute Gasteiger partial charge is 0.342 e. The molecular weight excluding hydrogens is 353 g/mol. The van der Waals surface area contributed by atoms with E-state index in [9.17, 15) is 14.0 Å². The first-order valence-corrected chi connectivity index (χ1v) is 9.48. The van der Waals surface area contributed by atoms with E-state index in [1.165, 1.54) is 23.9 Å². The molecule has 0 bridgehead atoms. The minimum atomic E-state index is -0.285. The summed E-state index contributed by atoms with van der Waals surface area (Å²) in [7, 11) is 0. The van der Waals surface area contributed by atoms with E-state index >= 15 is 0 Å². The standard InChI is InChI=1S/C19H20FN3O2S/c20-15-4-6-16(7-5-15)26-13-18(24)23-11-8-14(9-12-23)19(25)22-17-3-1-2-10-21-17/h1-7,10,14H,8-9,11-13H2,(H,21,22,25). The maximum atomic E-state index is 12.9. The van der Waals surface area contributed by atoms with Crippen LogP contribution in [-0.2, 0) is 9.59 Å². The van der Waals surface area contributed by atoms with Crippen molar-refractivity contribution in [3.8, 4) is 0 Å². The lowest BCUT2D eigenvalue weighted by molar-refractivity contribution is -0.132. The van der Waals surface area contributed by atoms with Crippen LogP contribution in [0, 0.1) is 11.7 Å². The van der Waals surface area contributed by atoms with Crippen molar-refractivity contribution in [3.63, 3.8) is 0 Å². The van der Waals surface area contributed by atoms with Crippen molar-refractivity contribution in [3.05, 3.63) is 54.5 Å². The van der Waals surface area contributed by atoms with Crippen LogP contribution in [0.4, 0.5) is 10.2 Å². The number of nitrogens with zero attached hydrogens (tertiary/aromatic N) is 2. The third kappa shape index (κ3) is 5.05. The van der Waals surface area contributed by atoms with E-state index in [1.807, 2.05) is 6.07 Å². The van der Waals surface area contributed by atoms with Gasteiger partial charge in [0.2, 0.25) is 11.8 Å². The molecule has 1 aromatic heterocycles. The Balaban J connectivity index is 1.43. The van der Waals surface area contributed by atoms with Gasteiger partial charge in [0.05, 0.1) is 5.75 Å². The third-order valence-corrected chi connectivity index (χ3v) is 5.31. The normalized spacial score (nSPS) is 14.9. The van der Waals surface area contributed by atoms with Gasteiger partial charge in [0.1, 0.15) is 11.6 Å². The van der Waals surface area contributed by atoms with Crippen molar-refractivity contribution in [2.45, 2.75) is 17.7 Å². The number of pyridine rings is 1. The van der Waals surface area contributed by atoms with Gasteiger partial charge in [-0.25, -0.2) is 9.37 Å². The van der Waals surface area contributed by atoms with E-state index in [0.29, 0.717) is 37.5 Å². The van der Waals surface area contributed by atoms with Gasteiger partial charge in [0.25, 0.3) is 0 Å². The molecule has 1 saturated heterocycles. The number of nitrogens with one attached hydrogen (secondary N) is 1. The van der Waals surface area contributed by atoms with Gasteiger partial charge in [-0.15, -0.1) is 11.8 Å². The molecule has 136 valence electrons. The molecule has 1 N–H and O–H groups in total. The van der Waals surface area contributed by atoms with Gasteiger partial charge in [-0.05, 0) is 49.2 Å². The van der Waals surface area contributed by atoms with Gasteiger partial charge in [0.15, 0.2) is 0 Å². The van der Waals surface area contributed by atoms with Gasteiger partial charge in [-0.1, -0.05) is 6.07 Å². The molecule has 7 heteroatoms. The van der Waals surface area contributed by atoms with E-state index in [0.717, 1.165) is 4.90 Å². The average Bonchev–Trinajstić information content (AvgIpc) is 2.68. The fraction of sp³-hybridized carbons (Fsp3) is 0.316. The number of carbonyl (C=O) groups is 2. The Morgan fingerprint density at radius 1 is 1.15 bits per heavy atom. The zero-order valence-corrected chi connectivity index (χ0v) is 15.0. The van der Waals surface area contributed by atoms with E-state index in [1.54, 1.807) is 35.4 Å². The number of anilines is 1. The molecular formula is C19H20FN3O2S. The number of halogens is 1. The van der Waals surface area contributed by atoms with Gasteiger partial charge < -0.3 is 10.2 Å². The molecule has 0 radical (unpaired) electrons. The molecule has 0 aliphatic carbocycles. The Kier molecular flexibility index (Phi) is 6.22. The van der Waals surface area contributed by atoms with E-state index in [4.69, 9.17) is 0 Å². The van der Waals surface area contributed by atoms with Crippen LogP contribution in [0.1, 0.15) is 12.8 Å². The summed E-state index contributed by atoms with van der Waals surface area (Å²) < 4.78 is 12.9. The molecule has 2 amide bonds. The Bertz CT molecular complexity index is 747. The highest BCUT2D eigenvalue weighted by molar-refractivity contribution is 8.00. The lowest BCUT2D eigenvalue weighted by Gasteiger charge is -2.31. The number of aromatic nitrogens is 1. The van der Waals surface area contributed by atoms with Gasteiger partial charge >= 0.3 is 0 Å². The zero-order valence-electron chi connectivity index (χ0n) is 14.2. The number of hydrogen-bond acceptors (Lipinski definition) is 4. The Hall–Kier alpha value is -2.41. The molecule has 2 aromatic rings. The summed E-state index contributed by atoms with van der Waals surface area (Å²) in [5, 5.41) is 2.82. The van der Waals surface area contributed by atoms with E-state index in [-0.39, 0.29) is 23.5 Å². The quantitative estimate of drug-likeness (QED) is 0.818. The maximum absolute atomic E-state index is 12.9. The second-order valence-corrected chi connectivity index (χ2v) is 7.15. The Morgan fingerprint density at radius 3 is 2.54 bits per heavy atom. The fourth-order valence-electron chi connectivity index (χ4n) is 2.82. The number of likely N-dealkylation sites (tertiary alicyclic amines) is 1. The third-order valence-electron chi connectivity index (χ3n) is 4.31. The number of carbonyl (C=O) groups excluding carboxylic acids is 2. The smallest absolute Gasteiger partial charge is 0.232 e. The molecule has 26 heavy (non-hydrogen) atoms. The predicted octanol–water partition coefficient (Wildman–Crippen LogP) is 3.19.